The van der Waals surface area contributed by atoms with Crippen LogP contribution in [0, 0.1) is 0 Å². The van der Waals surface area contributed by atoms with E-state index in [0.717, 1.165) is 31.6 Å². The van der Waals surface area contributed by atoms with Gasteiger partial charge in [0.05, 0.1) is 10.0 Å². The van der Waals surface area contributed by atoms with Gasteiger partial charge < -0.3 is 10.6 Å². The molecule has 0 amide bonds. The highest BCUT2D eigenvalue weighted by atomic mass is 35.5. The standard InChI is InChI=1S/C11H14Cl2N2/c12-10-4-3-9(6-11(10)13)15-5-1-2-8(14)7-15/h3-4,6,8H,1-2,5,7,14H2/t8-/m0/s1. The van der Waals surface area contributed by atoms with E-state index in [4.69, 9.17) is 28.9 Å². The van der Waals surface area contributed by atoms with E-state index in [1.54, 1.807) is 0 Å². The van der Waals surface area contributed by atoms with E-state index >= 15 is 0 Å². The van der Waals surface area contributed by atoms with E-state index in [1.165, 1.54) is 0 Å². The van der Waals surface area contributed by atoms with Gasteiger partial charge in [-0.15, -0.1) is 0 Å². The Kier molecular flexibility index (Phi) is 3.39. The second kappa shape index (κ2) is 4.60. The van der Waals surface area contributed by atoms with Gasteiger partial charge in [0.25, 0.3) is 0 Å². The SMILES string of the molecule is N[C@H]1CCCN(c2ccc(Cl)c(Cl)c2)C1. The zero-order valence-electron chi connectivity index (χ0n) is 8.42. The van der Waals surface area contributed by atoms with Gasteiger partial charge in [-0.25, -0.2) is 0 Å². The summed E-state index contributed by atoms with van der Waals surface area (Å²) in [5, 5.41) is 1.20. The number of nitrogens with two attached hydrogens (primary N) is 1. The second-order valence-electron chi connectivity index (χ2n) is 3.95. The van der Waals surface area contributed by atoms with Crippen molar-refractivity contribution >= 4 is 28.9 Å². The van der Waals surface area contributed by atoms with Gasteiger partial charge in [-0.1, -0.05) is 23.2 Å². The fourth-order valence-electron chi connectivity index (χ4n) is 1.93. The van der Waals surface area contributed by atoms with Crippen molar-refractivity contribution in [3.63, 3.8) is 0 Å². The molecule has 1 heterocycles. The number of hydrogen-bond acceptors (Lipinski definition) is 2. The molecule has 15 heavy (non-hydrogen) atoms. The predicted octanol–water partition coefficient (Wildman–Crippen LogP) is 2.92. The van der Waals surface area contributed by atoms with Crippen molar-refractivity contribution in [1.82, 2.24) is 0 Å². The quantitative estimate of drug-likeness (QED) is 0.824. The summed E-state index contributed by atoms with van der Waals surface area (Å²) < 4.78 is 0. The van der Waals surface area contributed by atoms with Crippen molar-refractivity contribution in [3.8, 4) is 0 Å². The maximum absolute atomic E-state index is 5.98. The minimum Gasteiger partial charge on any atom is -0.370 e. The molecule has 2 rings (SSSR count). The molecule has 4 heteroatoms. The molecule has 0 aliphatic carbocycles. The van der Waals surface area contributed by atoms with E-state index in [1.807, 2.05) is 18.2 Å². The van der Waals surface area contributed by atoms with Crippen molar-refractivity contribution in [3.05, 3.63) is 28.2 Å². The molecule has 2 nitrogen and oxygen atoms in total. The topological polar surface area (TPSA) is 29.3 Å². The van der Waals surface area contributed by atoms with E-state index in [2.05, 4.69) is 4.90 Å². The first-order chi connectivity index (χ1) is 7.16. The van der Waals surface area contributed by atoms with Crippen molar-refractivity contribution in [2.45, 2.75) is 18.9 Å². The van der Waals surface area contributed by atoms with Crippen LogP contribution >= 0.6 is 23.2 Å². The van der Waals surface area contributed by atoms with Crippen molar-refractivity contribution in [2.24, 2.45) is 5.73 Å². The van der Waals surface area contributed by atoms with Gasteiger partial charge in [-0.3, -0.25) is 0 Å². The summed E-state index contributed by atoms with van der Waals surface area (Å²) in [6.45, 7) is 1.95. The molecule has 1 aromatic rings. The molecule has 1 aliphatic heterocycles. The lowest BCUT2D eigenvalue weighted by atomic mass is 10.1. The summed E-state index contributed by atoms with van der Waals surface area (Å²) in [4.78, 5) is 2.26. The number of anilines is 1. The van der Waals surface area contributed by atoms with Crippen molar-refractivity contribution < 1.29 is 0 Å². The van der Waals surface area contributed by atoms with E-state index in [9.17, 15) is 0 Å². The van der Waals surface area contributed by atoms with Gasteiger partial charge in [0, 0.05) is 24.8 Å². The Hall–Kier alpha value is -0.440. The number of benzene rings is 1. The zero-order chi connectivity index (χ0) is 10.8. The molecule has 0 spiro atoms. The molecule has 0 aromatic heterocycles. The van der Waals surface area contributed by atoms with Crippen LogP contribution in [0.15, 0.2) is 18.2 Å². The molecule has 1 fully saturated rings. The molecule has 1 aromatic carbocycles. The molecular formula is C11H14Cl2N2. The Morgan fingerprint density at radius 2 is 2.07 bits per heavy atom. The van der Waals surface area contributed by atoms with E-state index in [-0.39, 0.29) is 6.04 Å². The first-order valence-corrected chi connectivity index (χ1v) is 5.88. The molecule has 0 radical (unpaired) electrons. The average Bonchev–Trinajstić information content (AvgIpc) is 2.22. The Bertz CT molecular complexity index is 354. The number of piperidine rings is 1. The van der Waals surface area contributed by atoms with Crippen LogP contribution in [0.25, 0.3) is 0 Å². The molecule has 0 unspecified atom stereocenters. The maximum atomic E-state index is 5.98. The lowest BCUT2D eigenvalue weighted by Crippen LogP contribution is -2.42. The highest BCUT2D eigenvalue weighted by molar-refractivity contribution is 6.42. The number of rotatable bonds is 1. The van der Waals surface area contributed by atoms with Crippen LogP contribution in [-0.2, 0) is 0 Å². The van der Waals surface area contributed by atoms with Gasteiger partial charge in [-0.2, -0.15) is 0 Å². The highest BCUT2D eigenvalue weighted by Gasteiger charge is 2.17. The molecular weight excluding hydrogens is 231 g/mol. The summed E-state index contributed by atoms with van der Waals surface area (Å²) in [5.41, 5.74) is 7.04. The van der Waals surface area contributed by atoms with E-state index < -0.39 is 0 Å². The molecule has 0 bridgehead atoms. The Morgan fingerprint density at radius 1 is 1.27 bits per heavy atom. The summed E-state index contributed by atoms with van der Waals surface area (Å²) >= 11 is 11.9. The molecule has 82 valence electrons. The summed E-state index contributed by atoms with van der Waals surface area (Å²) in [7, 11) is 0. The first kappa shape index (κ1) is 11.1. The Balaban J connectivity index is 2.18. The van der Waals surface area contributed by atoms with Crippen LogP contribution in [0.1, 0.15) is 12.8 Å². The minimum absolute atomic E-state index is 0.271. The fraction of sp³-hybridized carbons (Fsp3) is 0.455. The van der Waals surface area contributed by atoms with Crippen LogP contribution < -0.4 is 10.6 Å². The largest absolute Gasteiger partial charge is 0.370 e. The number of nitrogens with zero attached hydrogens (tertiary/aromatic N) is 1. The second-order valence-corrected chi connectivity index (χ2v) is 4.76. The monoisotopic (exact) mass is 244 g/mol. The number of halogens is 2. The van der Waals surface area contributed by atoms with Crippen LogP contribution in [0.2, 0.25) is 10.0 Å². The third kappa shape index (κ3) is 2.57. The van der Waals surface area contributed by atoms with E-state index in [0.29, 0.717) is 10.0 Å². The minimum atomic E-state index is 0.271. The summed E-state index contributed by atoms with van der Waals surface area (Å²) in [5.74, 6) is 0. The molecule has 1 aliphatic rings. The normalized spacial score (nSPS) is 21.8. The molecule has 1 saturated heterocycles. The maximum Gasteiger partial charge on any atom is 0.0612 e. The van der Waals surface area contributed by atoms with Crippen molar-refractivity contribution in [2.75, 3.05) is 18.0 Å². The smallest absolute Gasteiger partial charge is 0.0612 e. The van der Waals surface area contributed by atoms with Crippen LogP contribution in [0.4, 0.5) is 5.69 Å². The lowest BCUT2D eigenvalue weighted by Gasteiger charge is -2.32. The predicted molar refractivity (Wildman–Crippen MR) is 65.9 cm³/mol. The zero-order valence-corrected chi connectivity index (χ0v) is 9.93. The van der Waals surface area contributed by atoms with Crippen LogP contribution in [0.3, 0.4) is 0 Å². The van der Waals surface area contributed by atoms with Gasteiger partial charge in [0.1, 0.15) is 0 Å². The third-order valence-electron chi connectivity index (χ3n) is 2.73. The molecule has 2 N–H and O–H groups in total. The first-order valence-electron chi connectivity index (χ1n) is 5.12. The van der Waals surface area contributed by atoms with Crippen LogP contribution in [-0.4, -0.2) is 19.1 Å². The molecule has 0 saturated carbocycles. The Morgan fingerprint density at radius 3 is 2.73 bits per heavy atom. The van der Waals surface area contributed by atoms with Crippen molar-refractivity contribution in [1.29, 1.82) is 0 Å². The van der Waals surface area contributed by atoms with Gasteiger partial charge in [0.15, 0.2) is 0 Å². The van der Waals surface area contributed by atoms with Gasteiger partial charge >= 0.3 is 0 Å². The third-order valence-corrected chi connectivity index (χ3v) is 3.47. The summed E-state index contributed by atoms with van der Waals surface area (Å²) in [6.07, 6.45) is 2.25. The Labute approximate surface area is 100.0 Å². The van der Waals surface area contributed by atoms with Gasteiger partial charge in [-0.05, 0) is 31.0 Å². The molecule has 1 atom stereocenters. The van der Waals surface area contributed by atoms with Crippen LogP contribution in [0.5, 0.6) is 0 Å². The fourth-order valence-corrected chi connectivity index (χ4v) is 2.22. The van der Waals surface area contributed by atoms with Gasteiger partial charge in [0.2, 0.25) is 0 Å². The summed E-state index contributed by atoms with van der Waals surface area (Å²) in [6, 6.07) is 6.00. The number of hydrogen-bond donors (Lipinski definition) is 1. The lowest BCUT2D eigenvalue weighted by molar-refractivity contribution is 0.506. The average molecular weight is 245 g/mol. The highest BCUT2D eigenvalue weighted by Crippen LogP contribution is 2.28.